The first-order valence-electron chi connectivity index (χ1n) is 13.5. The Morgan fingerprint density at radius 1 is 1.18 bits per heavy atom. The Hall–Kier alpha value is -3.17. The van der Waals surface area contributed by atoms with Gasteiger partial charge in [0.2, 0.25) is 11.9 Å². The van der Waals surface area contributed by atoms with Crippen molar-refractivity contribution >= 4 is 17.1 Å². The van der Waals surface area contributed by atoms with Gasteiger partial charge in [-0.05, 0) is 32.3 Å². The van der Waals surface area contributed by atoms with Crippen LogP contribution in [0.5, 0.6) is 0 Å². The van der Waals surface area contributed by atoms with Crippen LogP contribution in [0.3, 0.4) is 0 Å². The lowest BCUT2D eigenvalue weighted by Crippen LogP contribution is -2.47. The number of carbonyl (C=O) groups is 1. The second-order valence-electron chi connectivity index (χ2n) is 11.3. The summed E-state index contributed by atoms with van der Waals surface area (Å²) in [5, 5.41) is 13.1. The summed E-state index contributed by atoms with van der Waals surface area (Å²) in [5.74, 6) is 0.388. The van der Waals surface area contributed by atoms with E-state index >= 15 is 0 Å². The van der Waals surface area contributed by atoms with Crippen LogP contribution >= 0.6 is 0 Å². The van der Waals surface area contributed by atoms with Gasteiger partial charge in [0.15, 0.2) is 11.3 Å². The number of hydrogen-bond donors (Lipinski definition) is 0. The van der Waals surface area contributed by atoms with Crippen molar-refractivity contribution in [3.05, 3.63) is 64.4 Å². The van der Waals surface area contributed by atoms with Crippen molar-refractivity contribution < 1.29 is 23.7 Å². The number of aromatic nitrogens is 3. The third kappa shape index (κ3) is 5.49. The van der Waals surface area contributed by atoms with Crippen LogP contribution in [0.4, 0.5) is 4.79 Å². The first kappa shape index (κ1) is 26.4. The first-order chi connectivity index (χ1) is 18.2. The number of benzene rings is 1. The lowest BCUT2D eigenvalue weighted by atomic mass is 9.91. The van der Waals surface area contributed by atoms with Crippen molar-refractivity contribution in [2.75, 3.05) is 19.8 Å². The summed E-state index contributed by atoms with van der Waals surface area (Å²) < 4.78 is 20.7. The van der Waals surface area contributed by atoms with E-state index < -0.39 is 11.9 Å². The number of unbranched alkanes of at least 4 members (excludes halogenated alkanes) is 1. The Balaban J connectivity index is 1.43. The Morgan fingerprint density at radius 3 is 2.63 bits per heavy atom. The van der Waals surface area contributed by atoms with Gasteiger partial charge in [0.25, 0.3) is 0 Å². The average molecular weight is 523 g/mol. The zero-order valence-corrected chi connectivity index (χ0v) is 22.9. The van der Waals surface area contributed by atoms with E-state index in [1.54, 1.807) is 11.1 Å². The maximum Gasteiger partial charge on any atom is 0.410 e. The number of ether oxygens (including phenoxy) is 3. The number of hydrogen-bond acceptors (Lipinski definition) is 6. The number of imidazole rings is 1. The van der Waals surface area contributed by atoms with Gasteiger partial charge in [-0.25, -0.2) is 9.78 Å². The molecule has 2 aliphatic heterocycles. The molecule has 0 aliphatic carbocycles. The molecule has 2 aromatic heterocycles. The Bertz CT molecular complexity index is 1290. The van der Waals surface area contributed by atoms with Gasteiger partial charge >= 0.3 is 6.09 Å². The molecule has 1 saturated heterocycles. The van der Waals surface area contributed by atoms with E-state index in [1.807, 2.05) is 44.2 Å². The third-order valence-electron chi connectivity index (χ3n) is 7.48. The quantitative estimate of drug-likeness (QED) is 0.335. The van der Waals surface area contributed by atoms with Gasteiger partial charge in [-0.15, -0.1) is 0 Å². The number of rotatable bonds is 7. The minimum atomic E-state index is -0.590. The summed E-state index contributed by atoms with van der Waals surface area (Å²) in [7, 11) is 0. The second kappa shape index (κ2) is 10.5. The van der Waals surface area contributed by atoms with Crippen LogP contribution in [0.25, 0.3) is 11.0 Å². The third-order valence-corrected chi connectivity index (χ3v) is 7.48. The minimum absolute atomic E-state index is 0.201. The van der Waals surface area contributed by atoms with Crippen molar-refractivity contribution in [1.82, 2.24) is 14.5 Å². The highest BCUT2D eigenvalue weighted by Crippen LogP contribution is 2.34. The fourth-order valence-electron chi connectivity index (χ4n) is 5.24. The Morgan fingerprint density at radius 2 is 1.92 bits per heavy atom. The van der Waals surface area contributed by atoms with Crippen molar-refractivity contribution in [2.45, 2.75) is 78.9 Å². The number of fused-ring (bicyclic) bond motifs is 3. The predicted molar refractivity (Wildman–Crippen MR) is 142 cm³/mol. The van der Waals surface area contributed by atoms with Gasteiger partial charge in [-0.3, -0.25) is 4.90 Å². The number of aryl methyl sites for hydroxylation is 1. The largest absolute Gasteiger partial charge is 0.618 e. The van der Waals surface area contributed by atoms with E-state index in [0.29, 0.717) is 43.9 Å². The molecule has 3 aromatic rings. The van der Waals surface area contributed by atoms with Crippen LogP contribution in [0.15, 0.2) is 36.5 Å². The summed E-state index contributed by atoms with van der Waals surface area (Å²) in [4.78, 5) is 19.4. The SMILES string of the molecule is CCCCc1nc2c[n+]([O-])c3c(c2n1CC1(C)COC(C)(C)OC1)CCN(C(=O)OCc1ccccc1)C3. The van der Waals surface area contributed by atoms with Gasteiger partial charge in [0.05, 0.1) is 24.3 Å². The fraction of sp³-hybridized carbons (Fsp3) is 0.552. The van der Waals surface area contributed by atoms with E-state index in [1.165, 1.54) is 0 Å². The minimum Gasteiger partial charge on any atom is -0.618 e. The summed E-state index contributed by atoms with van der Waals surface area (Å²) in [5.41, 5.74) is 3.91. The summed E-state index contributed by atoms with van der Waals surface area (Å²) in [6.07, 6.45) is 4.60. The van der Waals surface area contributed by atoms with Crippen LogP contribution < -0.4 is 4.73 Å². The second-order valence-corrected chi connectivity index (χ2v) is 11.3. The number of nitrogens with zero attached hydrogens (tertiary/aromatic N) is 4. The number of pyridine rings is 1. The molecule has 0 unspecified atom stereocenters. The average Bonchev–Trinajstić information content (AvgIpc) is 3.24. The zero-order chi connectivity index (χ0) is 26.9. The molecule has 9 nitrogen and oxygen atoms in total. The van der Waals surface area contributed by atoms with Crippen molar-refractivity contribution in [3.63, 3.8) is 0 Å². The molecular formula is C29H38N4O5. The van der Waals surface area contributed by atoms with Crippen LogP contribution in [0, 0.1) is 10.6 Å². The highest BCUT2D eigenvalue weighted by Gasteiger charge is 2.39. The van der Waals surface area contributed by atoms with E-state index in [2.05, 4.69) is 18.4 Å². The summed E-state index contributed by atoms with van der Waals surface area (Å²) in [6.45, 7) is 10.9. The lowest BCUT2D eigenvalue weighted by Gasteiger charge is -2.41. The van der Waals surface area contributed by atoms with Crippen molar-refractivity contribution in [1.29, 1.82) is 0 Å². The van der Waals surface area contributed by atoms with Crippen molar-refractivity contribution in [2.24, 2.45) is 5.41 Å². The van der Waals surface area contributed by atoms with E-state index in [-0.39, 0.29) is 18.6 Å². The van der Waals surface area contributed by atoms with Gasteiger partial charge in [-0.2, -0.15) is 4.73 Å². The molecule has 2 aliphatic rings. The highest BCUT2D eigenvalue weighted by molar-refractivity contribution is 5.80. The Labute approximate surface area is 223 Å². The van der Waals surface area contributed by atoms with Crippen molar-refractivity contribution in [3.8, 4) is 0 Å². The van der Waals surface area contributed by atoms with Crippen LogP contribution in [-0.2, 0) is 46.7 Å². The van der Waals surface area contributed by atoms with Crippen LogP contribution in [0.1, 0.15) is 63.2 Å². The molecule has 0 spiro atoms. The molecule has 0 saturated carbocycles. The molecule has 0 atom stereocenters. The number of carbonyl (C=O) groups excluding carboxylic acids is 1. The van der Waals surface area contributed by atoms with Gasteiger partial charge in [0.1, 0.15) is 19.0 Å². The lowest BCUT2D eigenvalue weighted by molar-refractivity contribution is -0.614. The molecule has 0 bridgehead atoms. The van der Waals surface area contributed by atoms with E-state index in [4.69, 9.17) is 19.2 Å². The topological polar surface area (TPSA) is 92.8 Å². The van der Waals surface area contributed by atoms with E-state index in [0.717, 1.165) is 46.5 Å². The molecule has 0 N–H and O–H groups in total. The molecule has 4 heterocycles. The van der Waals surface area contributed by atoms with Gasteiger partial charge in [-0.1, -0.05) is 50.6 Å². The molecule has 38 heavy (non-hydrogen) atoms. The number of amides is 1. The summed E-state index contributed by atoms with van der Waals surface area (Å²) in [6, 6.07) is 9.59. The molecule has 1 aromatic carbocycles. The van der Waals surface area contributed by atoms with Gasteiger partial charge < -0.3 is 24.0 Å². The molecule has 5 rings (SSSR count). The molecular weight excluding hydrogens is 484 g/mol. The molecule has 204 valence electrons. The monoisotopic (exact) mass is 522 g/mol. The summed E-state index contributed by atoms with van der Waals surface area (Å²) >= 11 is 0. The Kier molecular flexibility index (Phi) is 7.33. The molecule has 1 amide bonds. The van der Waals surface area contributed by atoms with Crippen LogP contribution in [0.2, 0.25) is 0 Å². The first-order valence-corrected chi connectivity index (χ1v) is 13.5. The smallest absolute Gasteiger partial charge is 0.410 e. The normalized spacial score (nSPS) is 18.4. The van der Waals surface area contributed by atoms with Crippen LogP contribution in [-0.4, -0.2) is 46.1 Å². The molecule has 9 heteroatoms. The predicted octanol–water partition coefficient (Wildman–Crippen LogP) is 4.50. The molecule has 1 fully saturated rings. The van der Waals surface area contributed by atoms with E-state index in [9.17, 15) is 10.0 Å². The van der Waals surface area contributed by atoms with Gasteiger partial charge in [0, 0.05) is 24.9 Å². The highest BCUT2D eigenvalue weighted by atomic mass is 16.7. The zero-order valence-electron chi connectivity index (χ0n) is 22.9. The maximum absolute atomic E-state index is 13.1. The fourth-order valence-corrected chi connectivity index (χ4v) is 5.24. The standard InChI is InChI=1S/C29H38N4O5/c1-5-6-12-25-30-23-15-33(35)24-16-31(27(34)36-17-21-10-8-7-9-11-21)14-13-22(24)26(23)32(25)18-29(4)19-37-28(2,3)38-20-29/h7-11,15H,5-6,12-14,16-20H2,1-4H3. The maximum atomic E-state index is 13.1. The molecule has 0 radical (unpaired) electrons.